The Morgan fingerprint density at radius 2 is 1.90 bits per heavy atom. The van der Waals surface area contributed by atoms with Gasteiger partial charge in [-0.05, 0) is 18.2 Å². The van der Waals surface area contributed by atoms with Crippen molar-refractivity contribution in [1.29, 1.82) is 0 Å². The van der Waals surface area contributed by atoms with Gasteiger partial charge in [0.1, 0.15) is 6.61 Å². The third-order valence-electron chi connectivity index (χ3n) is 6.15. The summed E-state index contributed by atoms with van der Waals surface area (Å²) in [5.41, 5.74) is 7.56. The van der Waals surface area contributed by atoms with Gasteiger partial charge in [-0.1, -0.05) is 12.1 Å². The molecule has 0 radical (unpaired) electrons. The lowest BCUT2D eigenvalue weighted by Gasteiger charge is -2.24. The highest BCUT2D eigenvalue weighted by Crippen LogP contribution is 2.28. The van der Waals surface area contributed by atoms with E-state index in [-0.39, 0.29) is 49.2 Å². The van der Waals surface area contributed by atoms with Crippen molar-refractivity contribution in [3.05, 3.63) is 58.6 Å². The van der Waals surface area contributed by atoms with Gasteiger partial charge in [0, 0.05) is 39.9 Å². The number of aryl methyl sites for hydroxylation is 2. The first-order valence-electron chi connectivity index (χ1n) is 11.9. The molecule has 4 aromatic rings. The number of fused-ring (bicyclic) bond motifs is 1. The molecule has 0 saturated heterocycles. The summed E-state index contributed by atoms with van der Waals surface area (Å²) in [6.07, 6.45) is -1.69. The van der Waals surface area contributed by atoms with Gasteiger partial charge in [0.25, 0.3) is 5.56 Å². The normalized spacial score (nSPS) is 11.9. The molecule has 0 aliphatic rings. The second kappa shape index (κ2) is 11.2. The first-order valence-corrected chi connectivity index (χ1v) is 11.9. The average Bonchev–Trinajstić information content (AvgIpc) is 3.41. The third kappa shape index (κ3) is 6.22. The minimum atomic E-state index is -4.43. The zero-order valence-corrected chi connectivity index (χ0v) is 21.6. The molecule has 4 rings (SSSR count). The number of aromatic nitrogens is 5. The van der Waals surface area contributed by atoms with Gasteiger partial charge in [-0.25, -0.2) is 14.5 Å². The zero-order chi connectivity index (χ0) is 28.3. The fourth-order valence-corrected chi connectivity index (χ4v) is 4.28. The van der Waals surface area contributed by atoms with E-state index in [2.05, 4.69) is 10.1 Å². The van der Waals surface area contributed by atoms with E-state index in [0.717, 1.165) is 5.52 Å². The molecule has 2 N–H and O–H groups in total. The Balaban J connectivity index is 1.51. The maximum absolute atomic E-state index is 13.4. The van der Waals surface area contributed by atoms with Crippen LogP contribution in [0, 0.1) is 0 Å². The van der Waals surface area contributed by atoms with E-state index < -0.39 is 24.2 Å². The van der Waals surface area contributed by atoms with Gasteiger partial charge < -0.3 is 24.3 Å². The van der Waals surface area contributed by atoms with Crippen molar-refractivity contribution >= 4 is 23.0 Å². The molecule has 39 heavy (non-hydrogen) atoms. The van der Waals surface area contributed by atoms with Crippen LogP contribution in [0.15, 0.2) is 47.5 Å². The molecule has 1 aromatic carbocycles. The van der Waals surface area contributed by atoms with Gasteiger partial charge in [-0.2, -0.15) is 18.3 Å². The first-order chi connectivity index (χ1) is 18.5. The molecule has 0 spiro atoms. The molecule has 11 nitrogen and oxygen atoms in total. The molecule has 0 aliphatic carbocycles. The summed E-state index contributed by atoms with van der Waals surface area (Å²) in [5.74, 6) is -0.243. The topological polar surface area (TPSA) is 122 Å². The van der Waals surface area contributed by atoms with Crippen LogP contribution in [0.25, 0.3) is 22.2 Å². The Hall–Kier alpha value is -4.33. The highest BCUT2D eigenvalue weighted by atomic mass is 19.4. The van der Waals surface area contributed by atoms with Crippen molar-refractivity contribution in [2.24, 2.45) is 14.1 Å². The van der Waals surface area contributed by atoms with E-state index >= 15 is 0 Å². The van der Waals surface area contributed by atoms with Crippen LogP contribution in [0.4, 0.5) is 19.1 Å². The number of rotatable bonds is 10. The van der Waals surface area contributed by atoms with E-state index in [1.165, 1.54) is 46.8 Å². The number of pyridine rings is 1. The number of benzene rings is 1. The molecule has 3 heterocycles. The number of nitrogen functional groups attached to an aromatic ring is 1. The van der Waals surface area contributed by atoms with E-state index in [1.54, 1.807) is 35.9 Å². The molecule has 0 bridgehead atoms. The molecule has 0 fully saturated rings. The number of carbonyl (C=O) groups excluding carboxylic acids is 1. The van der Waals surface area contributed by atoms with Crippen molar-refractivity contribution in [3.8, 4) is 17.0 Å². The number of anilines is 1. The molecule has 0 atom stereocenters. The number of hydrogen-bond acceptors (Lipinski definition) is 8. The minimum Gasteiger partial charge on any atom is -0.476 e. The highest BCUT2D eigenvalue weighted by Gasteiger charge is 2.31. The van der Waals surface area contributed by atoms with Crippen LogP contribution in [0.3, 0.4) is 0 Å². The number of para-hydroxylation sites is 2. The van der Waals surface area contributed by atoms with E-state index in [9.17, 15) is 22.8 Å². The van der Waals surface area contributed by atoms with Gasteiger partial charge in [0.15, 0.2) is 0 Å². The Labute approximate surface area is 221 Å². The Morgan fingerprint density at radius 1 is 1.15 bits per heavy atom. The lowest BCUT2D eigenvalue weighted by Crippen LogP contribution is -2.39. The smallest absolute Gasteiger partial charge is 0.401 e. The Bertz CT molecular complexity index is 1540. The lowest BCUT2D eigenvalue weighted by molar-refractivity contribution is -0.146. The van der Waals surface area contributed by atoms with Crippen molar-refractivity contribution in [2.75, 3.05) is 39.1 Å². The summed E-state index contributed by atoms with van der Waals surface area (Å²) in [6, 6.07) is 8.57. The second-order valence-electron chi connectivity index (χ2n) is 8.89. The summed E-state index contributed by atoms with van der Waals surface area (Å²) in [6.45, 7) is -1.12. The summed E-state index contributed by atoms with van der Waals surface area (Å²) < 4.78 is 54.9. The molecular formula is C25H28F3N7O4. The van der Waals surface area contributed by atoms with Gasteiger partial charge >= 0.3 is 12.1 Å². The predicted molar refractivity (Wildman–Crippen MR) is 137 cm³/mol. The number of carbonyl (C=O) groups is 1. The maximum Gasteiger partial charge on any atom is 0.401 e. The van der Waals surface area contributed by atoms with Crippen LogP contribution in [-0.2, 0) is 25.4 Å². The van der Waals surface area contributed by atoms with Crippen molar-refractivity contribution in [3.63, 3.8) is 0 Å². The number of nitrogens with zero attached hydrogens (tertiary/aromatic N) is 6. The first kappa shape index (κ1) is 27.7. The van der Waals surface area contributed by atoms with Crippen LogP contribution in [-0.4, -0.2) is 74.3 Å². The number of alkyl halides is 3. The molecule has 0 aliphatic heterocycles. The molecular weight excluding hydrogens is 519 g/mol. The van der Waals surface area contributed by atoms with Crippen LogP contribution >= 0.6 is 0 Å². The quantitative estimate of drug-likeness (QED) is 0.301. The SMILES string of the molecule is COC(=O)c1cc(-c2cnn(C)c2OCCN(CCn2c(N)nc3ccccc32)CC(F)(F)F)c(=O)n(C)c1. The fraction of sp³-hybridized carbons (Fsp3) is 0.360. The zero-order valence-electron chi connectivity index (χ0n) is 21.6. The number of methoxy groups -OCH3 is 1. The summed E-state index contributed by atoms with van der Waals surface area (Å²) >= 11 is 0. The third-order valence-corrected chi connectivity index (χ3v) is 6.15. The van der Waals surface area contributed by atoms with E-state index in [1.807, 2.05) is 0 Å². The number of halogens is 3. The van der Waals surface area contributed by atoms with Crippen molar-refractivity contribution in [2.45, 2.75) is 12.7 Å². The standard InChI is InChI=1S/C25H28F3N7O4/c1-32-14-16(23(37)38-3)12-17(21(32)36)18-13-30-33(2)22(18)39-11-10-34(15-25(26,27)28)8-9-35-20-7-5-4-6-19(20)31-24(35)29/h4-7,12-14H,8-11,15H2,1-3H3,(H2,29,31). The maximum atomic E-state index is 13.4. The Kier molecular flexibility index (Phi) is 7.95. The lowest BCUT2D eigenvalue weighted by atomic mass is 10.1. The minimum absolute atomic E-state index is 0.0351. The van der Waals surface area contributed by atoms with Crippen LogP contribution in [0.2, 0.25) is 0 Å². The molecule has 3 aromatic heterocycles. The van der Waals surface area contributed by atoms with Crippen LogP contribution in [0.1, 0.15) is 10.4 Å². The molecule has 14 heteroatoms. The molecule has 0 amide bonds. The van der Waals surface area contributed by atoms with Gasteiger partial charge in [0.2, 0.25) is 11.8 Å². The van der Waals surface area contributed by atoms with E-state index in [0.29, 0.717) is 11.1 Å². The summed E-state index contributed by atoms with van der Waals surface area (Å²) in [5, 5.41) is 4.13. The fourth-order valence-electron chi connectivity index (χ4n) is 4.28. The Morgan fingerprint density at radius 3 is 2.62 bits per heavy atom. The number of ether oxygens (including phenoxy) is 2. The van der Waals surface area contributed by atoms with Crippen molar-refractivity contribution in [1.82, 2.24) is 28.8 Å². The molecule has 0 saturated carbocycles. The summed E-state index contributed by atoms with van der Waals surface area (Å²) in [4.78, 5) is 30.3. The summed E-state index contributed by atoms with van der Waals surface area (Å²) in [7, 11) is 4.29. The highest BCUT2D eigenvalue weighted by molar-refractivity contribution is 5.90. The van der Waals surface area contributed by atoms with Crippen LogP contribution < -0.4 is 16.0 Å². The van der Waals surface area contributed by atoms with Gasteiger partial charge in [-0.15, -0.1) is 0 Å². The van der Waals surface area contributed by atoms with Gasteiger partial charge in [0.05, 0.1) is 47.6 Å². The van der Waals surface area contributed by atoms with Gasteiger partial charge in [-0.3, -0.25) is 9.69 Å². The number of hydrogen-bond donors (Lipinski definition) is 1. The average molecular weight is 548 g/mol. The van der Waals surface area contributed by atoms with E-state index in [4.69, 9.17) is 15.2 Å². The molecule has 208 valence electrons. The molecule has 0 unspecified atom stereocenters. The number of imidazole rings is 1. The number of nitrogens with two attached hydrogens (primary N) is 1. The predicted octanol–water partition coefficient (Wildman–Crippen LogP) is 2.45. The second-order valence-corrected chi connectivity index (χ2v) is 8.89. The number of esters is 1. The van der Waals surface area contributed by atoms with Crippen LogP contribution in [0.5, 0.6) is 5.88 Å². The largest absolute Gasteiger partial charge is 0.476 e. The van der Waals surface area contributed by atoms with Crippen molar-refractivity contribution < 1.29 is 27.4 Å². The monoisotopic (exact) mass is 547 g/mol.